The van der Waals surface area contributed by atoms with Gasteiger partial charge in [-0.15, -0.1) is 0 Å². The lowest BCUT2D eigenvalue weighted by molar-refractivity contribution is 0.0309. The van der Waals surface area contributed by atoms with E-state index in [4.69, 9.17) is 20.8 Å². The molecule has 1 aliphatic carbocycles. The van der Waals surface area contributed by atoms with Crippen LogP contribution in [0.15, 0.2) is 78.9 Å². The highest BCUT2D eigenvalue weighted by atomic mass is 35.5. The standard InChI is InChI=1S/C27H30ClFO2Si/c1-27(2,3)32(23-10-6-4-7-11-23,24-12-8-5-9-13-24)31-22-16-20(17-22)19-30-26-15-14-21(28)18-25(26)29/h4-15,18,20,22H,16-17,19H2,1-3H3. The van der Waals surface area contributed by atoms with Gasteiger partial charge in [0.2, 0.25) is 0 Å². The van der Waals surface area contributed by atoms with Crippen LogP contribution >= 0.6 is 11.6 Å². The Bertz CT molecular complexity index is 991. The molecular weight excluding hydrogens is 439 g/mol. The smallest absolute Gasteiger partial charge is 0.261 e. The highest BCUT2D eigenvalue weighted by Gasteiger charge is 2.52. The first-order valence-corrected chi connectivity index (χ1v) is 13.4. The van der Waals surface area contributed by atoms with E-state index in [9.17, 15) is 4.39 Å². The molecule has 168 valence electrons. The third-order valence-corrected chi connectivity index (χ3v) is 11.6. The zero-order valence-corrected chi connectivity index (χ0v) is 20.6. The van der Waals surface area contributed by atoms with Crippen molar-refractivity contribution in [3.8, 4) is 5.75 Å². The minimum atomic E-state index is -2.53. The van der Waals surface area contributed by atoms with Crippen LogP contribution in [-0.2, 0) is 4.43 Å². The van der Waals surface area contributed by atoms with Gasteiger partial charge in [0, 0.05) is 11.1 Å². The first-order valence-electron chi connectivity index (χ1n) is 11.2. The summed E-state index contributed by atoms with van der Waals surface area (Å²) in [6, 6.07) is 25.9. The van der Waals surface area contributed by atoms with Gasteiger partial charge in [-0.2, -0.15) is 0 Å². The maximum atomic E-state index is 14.0. The van der Waals surface area contributed by atoms with Crippen LogP contribution in [0.4, 0.5) is 4.39 Å². The summed E-state index contributed by atoms with van der Waals surface area (Å²) in [5.74, 6) is 0.191. The summed E-state index contributed by atoms with van der Waals surface area (Å²) >= 11 is 5.83. The first-order chi connectivity index (χ1) is 15.3. The maximum absolute atomic E-state index is 14.0. The number of ether oxygens (including phenoxy) is 1. The fourth-order valence-electron chi connectivity index (χ4n) is 4.65. The van der Waals surface area contributed by atoms with Crippen molar-refractivity contribution in [3.05, 3.63) is 89.7 Å². The van der Waals surface area contributed by atoms with Crippen molar-refractivity contribution in [1.29, 1.82) is 0 Å². The van der Waals surface area contributed by atoms with Gasteiger partial charge in [0.1, 0.15) is 0 Å². The molecule has 4 rings (SSSR count). The molecule has 0 unspecified atom stereocenters. The average Bonchev–Trinajstić information content (AvgIpc) is 2.74. The van der Waals surface area contributed by atoms with Crippen LogP contribution in [0, 0.1) is 11.7 Å². The predicted molar refractivity (Wildman–Crippen MR) is 132 cm³/mol. The van der Waals surface area contributed by atoms with Crippen molar-refractivity contribution in [3.63, 3.8) is 0 Å². The minimum absolute atomic E-state index is 0.0380. The van der Waals surface area contributed by atoms with E-state index >= 15 is 0 Å². The van der Waals surface area contributed by atoms with Crippen molar-refractivity contribution in [1.82, 2.24) is 0 Å². The molecule has 5 heteroatoms. The molecule has 0 radical (unpaired) electrons. The molecule has 0 heterocycles. The van der Waals surface area contributed by atoms with Gasteiger partial charge in [-0.25, -0.2) is 4.39 Å². The van der Waals surface area contributed by atoms with Crippen LogP contribution in [0.3, 0.4) is 0 Å². The normalized spacial score (nSPS) is 18.8. The fraction of sp³-hybridized carbons (Fsp3) is 0.333. The fourth-order valence-corrected chi connectivity index (χ4v) is 9.51. The summed E-state index contributed by atoms with van der Waals surface area (Å²) in [5, 5.41) is 2.92. The second-order valence-corrected chi connectivity index (χ2v) is 14.3. The maximum Gasteiger partial charge on any atom is 0.261 e. The molecule has 0 saturated heterocycles. The molecule has 0 aliphatic heterocycles. The quantitative estimate of drug-likeness (QED) is 0.383. The molecule has 1 aliphatic rings. The largest absolute Gasteiger partial charge is 0.490 e. The Morgan fingerprint density at radius 1 is 0.906 bits per heavy atom. The summed E-state index contributed by atoms with van der Waals surface area (Å²) in [6.45, 7) is 7.37. The Morgan fingerprint density at radius 3 is 1.97 bits per heavy atom. The second kappa shape index (κ2) is 9.38. The van der Waals surface area contributed by atoms with Crippen LogP contribution in [0.1, 0.15) is 33.6 Å². The molecule has 3 aromatic carbocycles. The SMILES string of the molecule is CC(C)(C)[Si](OC1CC(COc2ccc(Cl)cc2F)C1)(c1ccccc1)c1ccccc1. The molecule has 0 atom stereocenters. The van der Waals surface area contributed by atoms with Gasteiger partial charge in [0.25, 0.3) is 8.32 Å². The van der Waals surface area contributed by atoms with Crippen LogP contribution < -0.4 is 15.1 Å². The van der Waals surface area contributed by atoms with Crippen LogP contribution in [-0.4, -0.2) is 21.0 Å². The van der Waals surface area contributed by atoms with E-state index < -0.39 is 14.1 Å². The number of benzene rings is 3. The second-order valence-electron chi connectivity index (χ2n) is 9.63. The average molecular weight is 469 g/mol. The zero-order chi connectivity index (χ0) is 22.8. The van der Waals surface area contributed by atoms with Gasteiger partial charge >= 0.3 is 0 Å². The number of halogens is 2. The third-order valence-electron chi connectivity index (χ3n) is 6.32. The zero-order valence-electron chi connectivity index (χ0n) is 18.9. The molecule has 0 N–H and O–H groups in total. The first kappa shape index (κ1) is 23.0. The molecule has 1 fully saturated rings. The molecule has 32 heavy (non-hydrogen) atoms. The molecule has 0 aromatic heterocycles. The molecule has 0 amide bonds. The van der Waals surface area contributed by atoms with E-state index in [1.54, 1.807) is 12.1 Å². The van der Waals surface area contributed by atoms with Crippen LogP contribution in [0.5, 0.6) is 5.75 Å². The van der Waals surface area contributed by atoms with E-state index in [0.29, 0.717) is 17.5 Å². The Morgan fingerprint density at radius 2 is 1.47 bits per heavy atom. The van der Waals surface area contributed by atoms with Gasteiger partial charge in [-0.05, 0) is 52.4 Å². The van der Waals surface area contributed by atoms with Gasteiger partial charge < -0.3 is 9.16 Å². The van der Waals surface area contributed by atoms with Gasteiger partial charge in [0.15, 0.2) is 11.6 Å². The summed E-state index contributed by atoms with van der Waals surface area (Å²) in [6.07, 6.45) is 2.00. The minimum Gasteiger partial charge on any atom is -0.490 e. The number of hydrogen-bond donors (Lipinski definition) is 0. The topological polar surface area (TPSA) is 18.5 Å². The Labute approximate surface area is 196 Å². The van der Waals surface area contributed by atoms with E-state index in [2.05, 4.69) is 81.4 Å². The van der Waals surface area contributed by atoms with Gasteiger partial charge in [-0.3, -0.25) is 0 Å². The summed E-state index contributed by atoms with van der Waals surface area (Å²) in [4.78, 5) is 0. The highest BCUT2D eigenvalue weighted by Crippen LogP contribution is 2.41. The molecule has 0 bridgehead atoms. The van der Waals surface area contributed by atoms with E-state index in [1.807, 2.05) is 0 Å². The predicted octanol–water partition coefficient (Wildman–Crippen LogP) is 6.21. The lowest BCUT2D eigenvalue weighted by Crippen LogP contribution is -2.68. The molecule has 1 saturated carbocycles. The van der Waals surface area contributed by atoms with Crippen LogP contribution in [0.25, 0.3) is 0 Å². The molecule has 2 nitrogen and oxygen atoms in total. The lowest BCUT2D eigenvalue weighted by Gasteiger charge is -2.48. The Hall–Kier alpha value is -2.14. The van der Waals surface area contributed by atoms with E-state index in [-0.39, 0.29) is 16.9 Å². The van der Waals surface area contributed by atoms with E-state index in [1.165, 1.54) is 16.4 Å². The van der Waals surface area contributed by atoms with Crippen molar-refractivity contribution in [2.24, 2.45) is 5.92 Å². The summed E-state index contributed by atoms with van der Waals surface area (Å²) < 4.78 is 26.9. The monoisotopic (exact) mass is 468 g/mol. The number of rotatable bonds is 7. The van der Waals surface area contributed by atoms with Crippen molar-refractivity contribution in [2.75, 3.05) is 6.61 Å². The van der Waals surface area contributed by atoms with Gasteiger partial charge in [0.05, 0.1) is 6.61 Å². The van der Waals surface area contributed by atoms with Crippen molar-refractivity contribution >= 4 is 30.3 Å². The van der Waals surface area contributed by atoms with Crippen molar-refractivity contribution in [2.45, 2.75) is 44.8 Å². The van der Waals surface area contributed by atoms with Crippen molar-refractivity contribution < 1.29 is 13.6 Å². The summed E-state index contributed by atoms with van der Waals surface area (Å²) in [5.41, 5.74) is 0. The molecular formula is C27H30ClFO2Si. The van der Waals surface area contributed by atoms with E-state index in [0.717, 1.165) is 12.8 Å². The molecule has 3 aromatic rings. The van der Waals surface area contributed by atoms with Crippen LogP contribution in [0.2, 0.25) is 10.1 Å². The Kier molecular flexibility index (Phi) is 6.75. The molecule has 0 spiro atoms. The number of hydrogen-bond acceptors (Lipinski definition) is 2. The lowest BCUT2D eigenvalue weighted by atomic mass is 9.83. The van der Waals surface area contributed by atoms with Gasteiger partial charge in [-0.1, -0.05) is 93.0 Å². The summed E-state index contributed by atoms with van der Waals surface area (Å²) in [7, 11) is -2.53. The Balaban J connectivity index is 1.51. The highest BCUT2D eigenvalue weighted by molar-refractivity contribution is 6.99. The third kappa shape index (κ3) is 4.63.